The van der Waals surface area contributed by atoms with Gasteiger partial charge in [0.1, 0.15) is 0 Å². The molecule has 0 saturated carbocycles. The zero-order valence-corrected chi connectivity index (χ0v) is 12.4. The van der Waals surface area contributed by atoms with Gasteiger partial charge in [-0.25, -0.2) is 0 Å². The van der Waals surface area contributed by atoms with Crippen molar-refractivity contribution in [3.63, 3.8) is 0 Å². The third-order valence-corrected chi connectivity index (χ3v) is 5.32. The molecule has 1 aromatic rings. The predicted molar refractivity (Wildman–Crippen MR) is 80.0 cm³/mol. The molecule has 1 aromatic carbocycles. The molecule has 2 unspecified atom stereocenters. The van der Waals surface area contributed by atoms with Gasteiger partial charge in [-0.15, -0.1) is 0 Å². The van der Waals surface area contributed by atoms with E-state index in [1.54, 1.807) is 0 Å². The fourth-order valence-electron chi connectivity index (χ4n) is 3.92. The lowest BCUT2D eigenvalue weighted by Crippen LogP contribution is -2.58. The summed E-state index contributed by atoms with van der Waals surface area (Å²) >= 11 is 0. The highest BCUT2D eigenvalue weighted by Gasteiger charge is 2.51. The first-order valence-corrected chi connectivity index (χ1v) is 7.48. The lowest BCUT2D eigenvalue weighted by atomic mass is 9.57. The summed E-state index contributed by atoms with van der Waals surface area (Å²) in [6.45, 7) is 6.87. The van der Waals surface area contributed by atoms with Crippen molar-refractivity contribution in [3.05, 3.63) is 35.4 Å². The first-order valence-electron chi connectivity index (χ1n) is 7.48. The lowest BCUT2D eigenvalue weighted by molar-refractivity contribution is -0.124. The molecule has 2 rings (SSSR count). The molecule has 19 heavy (non-hydrogen) atoms. The Balaban J connectivity index is 2.41. The maximum absolute atomic E-state index is 11.2. The van der Waals surface area contributed by atoms with Crippen LogP contribution in [0.4, 0.5) is 0 Å². The molecule has 1 aliphatic carbocycles. The molecular formula is C17H27NO. The van der Waals surface area contributed by atoms with Crippen molar-refractivity contribution in [3.8, 4) is 0 Å². The molecule has 2 heteroatoms. The Hall–Kier alpha value is -0.860. The summed E-state index contributed by atoms with van der Waals surface area (Å²) in [6, 6.07) is 8.58. The second-order valence-electron chi connectivity index (χ2n) is 6.36. The van der Waals surface area contributed by atoms with Crippen LogP contribution in [0.25, 0.3) is 0 Å². The number of benzene rings is 1. The SMILES string of the molecule is CCC(O)(C(C)C)C1(CN)CCc2ccccc2C1. The van der Waals surface area contributed by atoms with Crippen LogP contribution in [-0.2, 0) is 12.8 Å². The number of hydrogen-bond acceptors (Lipinski definition) is 2. The summed E-state index contributed by atoms with van der Waals surface area (Å²) in [5.74, 6) is 0.228. The molecule has 0 saturated heterocycles. The second kappa shape index (κ2) is 5.26. The van der Waals surface area contributed by atoms with E-state index in [9.17, 15) is 5.11 Å². The van der Waals surface area contributed by atoms with E-state index in [1.165, 1.54) is 11.1 Å². The van der Waals surface area contributed by atoms with E-state index in [0.717, 1.165) is 25.7 Å². The fraction of sp³-hybridized carbons (Fsp3) is 0.647. The topological polar surface area (TPSA) is 46.2 Å². The van der Waals surface area contributed by atoms with Gasteiger partial charge in [0.15, 0.2) is 0 Å². The highest BCUT2D eigenvalue weighted by Crippen LogP contribution is 2.47. The molecule has 0 bridgehead atoms. The summed E-state index contributed by atoms with van der Waals surface area (Å²) < 4.78 is 0. The molecule has 2 atom stereocenters. The normalized spacial score (nSPS) is 26.0. The van der Waals surface area contributed by atoms with Gasteiger partial charge in [-0.05, 0) is 42.7 Å². The highest BCUT2D eigenvalue weighted by molar-refractivity contribution is 5.32. The van der Waals surface area contributed by atoms with Gasteiger partial charge in [0.05, 0.1) is 5.60 Å². The second-order valence-corrected chi connectivity index (χ2v) is 6.36. The van der Waals surface area contributed by atoms with Crippen molar-refractivity contribution in [1.29, 1.82) is 0 Å². The lowest BCUT2D eigenvalue weighted by Gasteiger charge is -2.51. The van der Waals surface area contributed by atoms with Crippen molar-refractivity contribution < 1.29 is 5.11 Å². The van der Waals surface area contributed by atoms with Gasteiger partial charge in [-0.1, -0.05) is 45.0 Å². The molecule has 1 aliphatic rings. The van der Waals surface area contributed by atoms with E-state index in [-0.39, 0.29) is 11.3 Å². The average Bonchev–Trinajstić information content (AvgIpc) is 2.45. The standard InChI is InChI=1S/C17H27NO/c1-4-17(19,13(2)3)16(12-18)10-9-14-7-5-6-8-15(14)11-16/h5-8,13,19H,4,9-12,18H2,1-3H3. The van der Waals surface area contributed by atoms with Crippen LogP contribution in [0.1, 0.15) is 44.7 Å². The van der Waals surface area contributed by atoms with Crippen LogP contribution in [-0.4, -0.2) is 17.3 Å². The molecule has 2 nitrogen and oxygen atoms in total. The molecule has 3 N–H and O–H groups in total. The third-order valence-electron chi connectivity index (χ3n) is 5.32. The van der Waals surface area contributed by atoms with Crippen molar-refractivity contribution >= 4 is 0 Å². The smallest absolute Gasteiger partial charge is 0.0739 e. The molecule has 0 heterocycles. The van der Waals surface area contributed by atoms with Crippen LogP contribution in [0, 0.1) is 11.3 Å². The van der Waals surface area contributed by atoms with E-state index < -0.39 is 5.60 Å². The van der Waals surface area contributed by atoms with Gasteiger partial charge >= 0.3 is 0 Å². The number of aliphatic hydroxyl groups is 1. The van der Waals surface area contributed by atoms with Crippen LogP contribution in [0.15, 0.2) is 24.3 Å². The van der Waals surface area contributed by atoms with Crippen LogP contribution in [0.2, 0.25) is 0 Å². The predicted octanol–water partition coefficient (Wildman–Crippen LogP) is 2.92. The Morgan fingerprint density at radius 2 is 1.95 bits per heavy atom. The summed E-state index contributed by atoms with van der Waals surface area (Å²) in [7, 11) is 0. The van der Waals surface area contributed by atoms with Gasteiger partial charge in [-0.3, -0.25) is 0 Å². The van der Waals surface area contributed by atoms with Gasteiger partial charge < -0.3 is 10.8 Å². The highest BCUT2D eigenvalue weighted by atomic mass is 16.3. The largest absolute Gasteiger partial charge is 0.389 e. The summed E-state index contributed by atoms with van der Waals surface area (Å²) in [6.07, 6.45) is 3.69. The first kappa shape index (κ1) is 14.5. The Morgan fingerprint density at radius 3 is 2.47 bits per heavy atom. The van der Waals surface area contributed by atoms with Crippen LogP contribution in [0.3, 0.4) is 0 Å². The Kier molecular flexibility index (Phi) is 4.03. The zero-order chi connectivity index (χ0) is 14.1. The summed E-state index contributed by atoms with van der Waals surface area (Å²) in [4.78, 5) is 0. The van der Waals surface area contributed by atoms with E-state index >= 15 is 0 Å². The summed E-state index contributed by atoms with van der Waals surface area (Å²) in [5.41, 5.74) is 8.08. The molecule has 0 amide bonds. The Labute approximate surface area is 117 Å². The van der Waals surface area contributed by atoms with E-state index in [2.05, 4.69) is 45.0 Å². The van der Waals surface area contributed by atoms with Gasteiger partial charge in [0.2, 0.25) is 0 Å². The number of hydrogen-bond donors (Lipinski definition) is 2. The minimum atomic E-state index is -0.671. The van der Waals surface area contributed by atoms with Crippen LogP contribution >= 0.6 is 0 Å². The average molecular weight is 261 g/mol. The maximum atomic E-state index is 11.2. The quantitative estimate of drug-likeness (QED) is 0.875. The van der Waals surface area contributed by atoms with E-state index in [4.69, 9.17) is 5.73 Å². The molecule has 0 aromatic heterocycles. The minimum Gasteiger partial charge on any atom is -0.389 e. The molecule has 0 spiro atoms. The Morgan fingerprint density at radius 1 is 1.32 bits per heavy atom. The van der Waals surface area contributed by atoms with E-state index in [1.807, 2.05) is 0 Å². The number of nitrogens with two attached hydrogens (primary N) is 1. The Bertz CT molecular complexity index is 443. The number of fused-ring (bicyclic) bond motifs is 1. The van der Waals surface area contributed by atoms with Gasteiger partial charge in [0, 0.05) is 12.0 Å². The molecule has 0 fully saturated rings. The van der Waals surface area contributed by atoms with Gasteiger partial charge in [-0.2, -0.15) is 0 Å². The number of aryl methyl sites for hydroxylation is 1. The third kappa shape index (κ3) is 2.21. The van der Waals surface area contributed by atoms with E-state index in [0.29, 0.717) is 6.54 Å². The van der Waals surface area contributed by atoms with Crippen molar-refractivity contribution in [1.82, 2.24) is 0 Å². The monoisotopic (exact) mass is 261 g/mol. The molecule has 106 valence electrons. The zero-order valence-electron chi connectivity index (χ0n) is 12.4. The molecule has 0 aliphatic heterocycles. The molecular weight excluding hydrogens is 234 g/mol. The minimum absolute atomic E-state index is 0.176. The number of rotatable bonds is 4. The van der Waals surface area contributed by atoms with Gasteiger partial charge in [0.25, 0.3) is 0 Å². The molecule has 0 radical (unpaired) electrons. The van der Waals surface area contributed by atoms with Crippen molar-refractivity contribution in [2.75, 3.05) is 6.54 Å². The summed E-state index contributed by atoms with van der Waals surface area (Å²) in [5, 5.41) is 11.2. The first-order chi connectivity index (χ1) is 8.99. The van der Waals surface area contributed by atoms with Crippen molar-refractivity contribution in [2.24, 2.45) is 17.1 Å². The fourth-order valence-corrected chi connectivity index (χ4v) is 3.92. The van der Waals surface area contributed by atoms with Crippen LogP contribution < -0.4 is 5.73 Å². The van der Waals surface area contributed by atoms with Crippen LogP contribution in [0.5, 0.6) is 0 Å². The van der Waals surface area contributed by atoms with Crippen molar-refractivity contribution in [2.45, 2.75) is 52.1 Å². The maximum Gasteiger partial charge on any atom is 0.0739 e.